The van der Waals surface area contributed by atoms with E-state index in [1.165, 1.54) is 0 Å². The van der Waals surface area contributed by atoms with Gasteiger partial charge >= 0.3 is 0 Å². The lowest BCUT2D eigenvalue weighted by Crippen LogP contribution is -2.27. The lowest BCUT2D eigenvalue weighted by Gasteiger charge is -2.22. The fraction of sp³-hybridized carbons (Fsp3) is 0.500. The van der Waals surface area contributed by atoms with Crippen molar-refractivity contribution in [1.29, 1.82) is 0 Å². The van der Waals surface area contributed by atoms with Crippen LogP contribution in [-0.4, -0.2) is 10.5 Å². The number of nitrogens with zero attached hydrogens (tertiary/aromatic N) is 1. The molecule has 0 aliphatic rings. The molecule has 0 unspecified atom stereocenters. The molecule has 0 amide bonds. The maximum Gasteiger partial charge on any atom is 0.130 e. The standard InChI is InChI=1S/C10H15ClN2/c1-10(2,3)13-9-8(7-11)5-4-6-12-9/h4-6H,7H2,1-3H3,(H,12,13). The summed E-state index contributed by atoms with van der Waals surface area (Å²) in [5, 5.41) is 3.31. The first kappa shape index (κ1) is 10.3. The fourth-order valence-electron chi connectivity index (χ4n) is 1.01. The van der Waals surface area contributed by atoms with Crippen molar-refractivity contribution in [3.8, 4) is 0 Å². The van der Waals surface area contributed by atoms with Gasteiger partial charge in [-0.1, -0.05) is 6.07 Å². The second-order valence-electron chi connectivity index (χ2n) is 4.02. The van der Waals surface area contributed by atoms with E-state index in [2.05, 4.69) is 31.1 Å². The van der Waals surface area contributed by atoms with Crippen LogP contribution in [0.1, 0.15) is 26.3 Å². The van der Waals surface area contributed by atoms with Crippen molar-refractivity contribution >= 4 is 17.4 Å². The minimum absolute atomic E-state index is 0.0230. The summed E-state index contributed by atoms with van der Waals surface area (Å²) in [7, 11) is 0. The Hall–Kier alpha value is -0.760. The minimum Gasteiger partial charge on any atom is -0.365 e. The smallest absolute Gasteiger partial charge is 0.130 e. The molecule has 0 radical (unpaired) electrons. The van der Waals surface area contributed by atoms with E-state index in [-0.39, 0.29) is 5.54 Å². The predicted octanol–water partition coefficient (Wildman–Crippen LogP) is 3.03. The number of halogens is 1. The van der Waals surface area contributed by atoms with Gasteiger partial charge in [-0.15, -0.1) is 11.6 Å². The molecular formula is C10H15ClN2. The average Bonchev–Trinajstić information content (AvgIpc) is 2.02. The molecule has 0 aliphatic heterocycles. The van der Waals surface area contributed by atoms with Crippen molar-refractivity contribution in [2.24, 2.45) is 0 Å². The number of aromatic nitrogens is 1. The Kier molecular flexibility index (Phi) is 3.15. The maximum atomic E-state index is 5.78. The second kappa shape index (κ2) is 3.97. The van der Waals surface area contributed by atoms with Crippen LogP contribution in [0.2, 0.25) is 0 Å². The molecule has 0 saturated carbocycles. The third-order valence-electron chi connectivity index (χ3n) is 1.53. The molecule has 0 saturated heterocycles. The molecule has 0 aliphatic carbocycles. The van der Waals surface area contributed by atoms with E-state index in [1.54, 1.807) is 6.20 Å². The second-order valence-corrected chi connectivity index (χ2v) is 4.29. The molecule has 1 rings (SSSR count). The SMILES string of the molecule is CC(C)(C)Nc1ncccc1CCl. The van der Waals surface area contributed by atoms with Crippen LogP contribution in [-0.2, 0) is 5.88 Å². The summed E-state index contributed by atoms with van der Waals surface area (Å²) in [6.45, 7) is 6.29. The number of pyridine rings is 1. The average molecular weight is 199 g/mol. The fourth-order valence-corrected chi connectivity index (χ4v) is 1.23. The zero-order valence-electron chi connectivity index (χ0n) is 8.26. The molecule has 0 aromatic carbocycles. The summed E-state index contributed by atoms with van der Waals surface area (Å²) in [6, 6.07) is 3.87. The van der Waals surface area contributed by atoms with Crippen molar-refractivity contribution in [3.05, 3.63) is 23.9 Å². The van der Waals surface area contributed by atoms with Gasteiger partial charge in [0.05, 0.1) is 5.88 Å². The van der Waals surface area contributed by atoms with Crippen LogP contribution in [0.4, 0.5) is 5.82 Å². The zero-order chi connectivity index (χ0) is 9.90. The monoisotopic (exact) mass is 198 g/mol. The van der Waals surface area contributed by atoms with Crippen LogP contribution in [0.3, 0.4) is 0 Å². The molecule has 1 aromatic rings. The van der Waals surface area contributed by atoms with Gasteiger partial charge in [-0.3, -0.25) is 0 Å². The Balaban J connectivity index is 2.87. The van der Waals surface area contributed by atoms with Crippen molar-refractivity contribution in [1.82, 2.24) is 4.98 Å². The molecule has 13 heavy (non-hydrogen) atoms. The quantitative estimate of drug-likeness (QED) is 0.739. The molecule has 0 spiro atoms. The van der Waals surface area contributed by atoms with Crippen LogP contribution in [0, 0.1) is 0 Å². The summed E-state index contributed by atoms with van der Waals surface area (Å²) in [4.78, 5) is 4.24. The van der Waals surface area contributed by atoms with E-state index in [0.717, 1.165) is 11.4 Å². The topological polar surface area (TPSA) is 24.9 Å². The Morgan fingerprint density at radius 2 is 2.15 bits per heavy atom. The van der Waals surface area contributed by atoms with Crippen molar-refractivity contribution in [2.75, 3.05) is 5.32 Å². The lowest BCUT2D eigenvalue weighted by molar-refractivity contribution is 0.629. The Labute approximate surface area is 84.3 Å². The normalized spacial score (nSPS) is 11.4. The minimum atomic E-state index is 0.0230. The van der Waals surface area contributed by atoms with Gasteiger partial charge in [-0.05, 0) is 26.8 Å². The Morgan fingerprint density at radius 3 is 2.69 bits per heavy atom. The van der Waals surface area contributed by atoms with Crippen LogP contribution < -0.4 is 5.32 Å². The van der Waals surface area contributed by atoms with Crippen LogP contribution >= 0.6 is 11.6 Å². The van der Waals surface area contributed by atoms with Crippen LogP contribution in [0.15, 0.2) is 18.3 Å². The first-order chi connectivity index (χ1) is 6.03. The number of rotatable bonds is 2. The Morgan fingerprint density at radius 1 is 1.46 bits per heavy atom. The number of alkyl halides is 1. The molecule has 72 valence electrons. The zero-order valence-corrected chi connectivity index (χ0v) is 9.02. The molecule has 2 nitrogen and oxygen atoms in total. The molecule has 0 fully saturated rings. The molecule has 1 aromatic heterocycles. The van der Waals surface area contributed by atoms with Gasteiger partial charge in [0.1, 0.15) is 5.82 Å². The highest BCUT2D eigenvalue weighted by Crippen LogP contribution is 2.18. The maximum absolute atomic E-state index is 5.78. The highest BCUT2D eigenvalue weighted by molar-refractivity contribution is 6.17. The van der Waals surface area contributed by atoms with Crippen LogP contribution in [0.5, 0.6) is 0 Å². The van der Waals surface area contributed by atoms with E-state index in [1.807, 2.05) is 12.1 Å². The van der Waals surface area contributed by atoms with Crippen molar-refractivity contribution in [2.45, 2.75) is 32.2 Å². The van der Waals surface area contributed by atoms with E-state index in [9.17, 15) is 0 Å². The largest absolute Gasteiger partial charge is 0.365 e. The molecule has 3 heteroatoms. The van der Waals surface area contributed by atoms with Gasteiger partial charge in [0.15, 0.2) is 0 Å². The molecule has 1 heterocycles. The molecule has 0 bridgehead atoms. The van der Waals surface area contributed by atoms with E-state index >= 15 is 0 Å². The highest BCUT2D eigenvalue weighted by atomic mass is 35.5. The van der Waals surface area contributed by atoms with Crippen molar-refractivity contribution < 1.29 is 0 Å². The third kappa shape index (κ3) is 3.23. The lowest BCUT2D eigenvalue weighted by atomic mass is 10.1. The summed E-state index contributed by atoms with van der Waals surface area (Å²) >= 11 is 5.78. The number of nitrogens with one attached hydrogen (secondary N) is 1. The highest BCUT2D eigenvalue weighted by Gasteiger charge is 2.11. The first-order valence-corrected chi connectivity index (χ1v) is 4.84. The molecule has 0 atom stereocenters. The summed E-state index contributed by atoms with van der Waals surface area (Å²) < 4.78 is 0. The Bertz CT molecular complexity index is 278. The first-order valence-electron chi connectivity index (χ1n) is 4.31. The van der Waals surface area contributed by atoms with Gasteiger partial charge in [0.25, 0.3) is 0 Å². The summed E-state index contributed by atoms with van der Waals surface area (Å²) in [5.74, 6) is 1.37. The van der Waals surface area contributed by atoms with Gasteiger partial charge in [-0.2, -0.15) is 0 Å². The van der Waals surface area contributed by atoms with E-state index < -0.39 is 0 Å². The van der Waals surface area contributed by atoms with E-state index in [0.29, 0.717) is 5.88 Å². The predicted molar refractivity (Wildman–Crippen MR) is 57.2 cm³/mol. The van der Waals surface area contributed by atoms with Gasteiger partial charge in [-0.25, -0.2) is 4.98 Å². The van der Waals surface area contributed by atoms with Gasteiger partial charge in [0, 0.05) is 17.3 Å². The summed E-state index contributed by atoms with van der Waals surface area (Å²) in [6.07, 6.45) is 1.77. The van der Waals surface area contributed by atoms with E-state index in [4.69, 9.17) is 11.6 Å². The third-order valence-corrected chi connectivity index (χ3v) is 1.82. The number of anilines is 1. The number of hydrogen-bond acceptors (Lipinski definition) is 2. The van der Waals surface area contributed by atoms with Gasteiger partial charge in [0.2, 0.25) is 0 Å². The summed E-state index contributed by atoms with van der Waals surface area (Å²) in [5.41, 5.74) is 1.06. The number of hydrogen-bond donors (Lipinski definition) is 1. The molecule has 1 N–H and O–H groups in total. The van der Waals surface area contributed by atoms with Crippen LogP contribution in [0.25, 0.3) is 0 Å². The molecular weight excluding hydrogens is 184 g/mol. The van der Waals surface area contributed by atoms with Crippen molar-refractivity contribution in [3.63, 3.8) is 0 Å². The van der Waals surface area contributed by atoms with Gasteiger partial charge < -0.3 is 5.32 Å².